The van der Waals surface area contributed by atoms with Gasteiger partial charge in [0, 0.05) is 17.6 Å². The average Bonchev–Trinajstić information content (AvgIpc) is 2.43. The zero-order valence-electron chi connectivity index (χ0n) is 12.6. The second-order valence-electron chi connectivity index (χ2n) is 5.92. The molecule has 0 aliphatic heterocycles. The van der Waals surface area contributed by atoms with Gasteiger partial charge in [0.2, 0.25) is 0 Å². The first kappa shape index (κ1) is 15.7. The van der Waals surface area contributed by atoms with Gasteiger partial charge in [-0.2, -0.15) is 0 Å². The fourth-order valence-corrected chi connectivity index (χ4v) is 2.85. The Morgan fingerprint density at radius 1 is 1.19 bits per heavy atom. The maximum atomic E-state index is 13.8. The first-order chi connectivity index (χ1) is 9.95. The van der Waals surface area contributed by atoms with Crippen LogP contribution in [0.1, 0.15) is 56.3 Å². The first-order valence-electron chi connectivity index (χ1n) is 7.50. The predicted molar refractivity (Wildman–Crippen MR) is 79.5 cm³/mol. The monoisotopic (exact) mass is 296 g/mol. The van der Waals surface area contributed by atoms with Crippen molar-refractivity contribution in [2.45, 2.75) is 51.5 Å². The van der Waals surface area contributed by atoms with E-state index in [0.29, 0.717) is 6.54 Å². The van der Waals surface area contributed by atoms with E-state index in [-0.39, 0.29) is 16.8 Å². The average molecular weight is 296 g/mol. The van der Waals surface area contributed by atoms with Crippen LogP contribution >= 0.6 is 0 Å². The summed E-state index contributed by atoms with van der Waals surface area (Å²) in [6.07, 6.45) is 5.11. The van der Waals surface area contributed by atoms with Crippen molar-refractivity contribution in [1.29, 1.82) is 0 Å². The smallest absolute Gasteiger partial charge is 0.251 e. The molecule has 0 radical (unpaired) electrons. The van der Waals surface area contributed by atoms with Gasteiger partial charge in [-0.05, 0) is 38.8 Å². The third-order valence-electron chi connectivity index (χ3n) is 4.03. The van der Waals surface area contributed by atoms with Gasteiger partial charge in [-0.15, -0.1) is 0 Å². The summed E-state index contributed by atoms with van der Waals surface area (Å²) >= 11 is 0. The van der Waals surface area contributed by atoms with Gasteiger partial charge < -0.3 is 10.6 Å². The molecule has 0 unspecified atom stereocenters. The Labute approximate surface area is 124 Å². The third-order valence-corrected chi connectivity index (χ3v) is 4.03. The molecule has 0 aromatic heterocycles. The van der Waals surface area contributed by atoms with Gasteiger partial charge in [0.25, 0.3) is 5.91 Å². The molecule has 1 aliphatic rings. The predicted octanol–water partition coefficient (Wildman–Crippen LogP) is 3.85. The highest BCUT2D eigenvalue weighted by Crippen LogP contribution is 2.28. The molecule has 2 N–H and O–H groups in total. The summed E-state index contributed by atoms with van der Waals surface area (Å²) in [4.78, 5) is 12.2. The molecule has 0 bridgehead atoms. The molecule has 116 valence electrons. The SMILES string of the molecule is CCNc1c(F)cc(C(=O)NC2(C)CCCCC2)cc1F. The molecule has 1 saturated carbocycles. The van der Waals surface area contributed by atoms with Gasteiger partial charge >= 0.3 is 0 Å². The van der Waals surface area contributed by atoms with E-state index >= 15 is 0 Å². The van der Waals surface area contributed by atoms with E-state index in [1.165, 1.54) is 6.42 Å². The van der Waals surface area contributed by atoms with Crippen LogP contribution in [0.2, 0.25) is 0 Å². The van der Waals surface area contributed by atoms with Crippen LogP contribution in [0.4, 0.5) is 14.5 Å². The molecule has 1 fully saturated rings. The fourth-order valence-electron chi connectivity index (χ4n) is 2.85. The second kappa shape index (κ2) is 6.41. The van der Waals surface area contributed by atoms with E-state index in [1.807, 2.05) is 6.92 Å². The van der Waals surface area contributed by atoms with Gasteiger partial charge in [0.15, 0.2) is 0 Å². The van der Waals surface area contributed by atoms with Gasteiger partial charge in [0.1, 0.15) is 17.3 Å². The Morgan fingerprint density at radius 2 is 1.76 bits per heavy atom. The molecule has 1 aromatic rings. The van der Waals surface area contributed by atoms with Crippen molar-refractivity contribution in [1.82, 2.24) is 5.32 Å². The van der Waals surface area contributed by atoms with Crippen LogP contribution < -0.4 is 10.6 Å². The Hall–Kier alpha value is -1.65. The summed E-state index contributed by atoms with van der Waals surface area (Å²) in [7, 11) is 0. The highest BCUT2D eigenvalue weighted by Gasteiger charge is 2.29. The lowest BCUT2D eigenvalue weighted by Crippen LogP contribution is -2.47. The van der Waals surface area contributed by atoms with E-state index in [9.17, 15) is 13.6 Å². The highest BCUT2D eigenvalue weighted by atomic mass is 19.1. The van der Waals surface area contributed by atoms with Crippen molar-refractivity contribution in [2.75, 3.05) is 11.9 Å². The summed E-state index contributed by atoms with van der Waals surface area (Å²) in [6, 6.07) is 2.17. The molecule has 21 heavy (non-hydrogen) atoms. The minimum absolute atomic E-state index is 0.0263. The molecule has 0 atom stereocenters. The van der Waals surface area contributed by atoms with Crippen LogP contribution in [0.5, 0.6) is 0 Å². The lowest BCUT2D eigenvalue weighted by atomic mass is 9.83. The normalized spacial score (nSPS) is 17.3. The number of hydrogen-bond donors (Lipinski definition) is 2. The summed E-state index contributed by atoms with van der Waals surface area (Å²) in [6.45, 7) is 4.16. The molecule has 0 saturated heterocycles. The number of benzene rings is 1. The number of rotatable bonds is 4. The van der Waals surface area contributed by atoms with Crippen LogP contribution in [0.25, 0.3) is 0 Å². The molecular formula is C16H22F2N2O. The molecule has 1 amide bonds. The van der Waals surface area contributed by atoms with Gasteiger partial charge in [0.05, 0.1) is 0 Å². The zero-order chi connectivity index (χ0) is 15.5. The molecule has 5 heteroatoms. The Balaban J connectivity index is 2.16. The van der Waals surface area contributed by atoms with Crippen molar-refractivity contribution in [3.05, 3.63) is 29.3 Å². The lowest BCUT2D eigenvalue weighted by molar-refractivity contribution is 0.0882. The first-order valence-corrected chi connectivity index (χ1v) is 7.50. The molecule has 2 rings (SSSR count). The van der Waals surface area contributed by atoms with Crippen molar-refractivity contribution >= 4 is 11.6 Å². The highest BCUT2D eigenvalue weighted by molar-refractivity contribution is 5.95. The molecule has 1 aromatic carbocycles. The standard InChI is InChI=1S/C16H22F2N2O/c1-3-19-14-12(17)9-11(10-13(14)18)15(21)20-16(2)7-5-4-6-8-16/h9-10,19H,3-8H2,1-2H3,(H,20,21). The van der Waals surface area contributed by atoms with E-state index in [1.54, 1.807) is 6.92 Å². The van der Waals surface area contributed by atoms with Crippen molar-refractivity contribution in [3.8, 4) is 0 Å². The van der Waals surface area contributed by atoms with Crippen molar-refractivity contribution in [3.63, 3.8) is 0 Å². The van der Waals surface area contributed by atoms with Gasteiger partial charge in [-0.25, -0.2) is 8.78 Å². The third kappa shape index (κ3) is 3.71. The lowest BCUT2D eigenvalue weighted by Gasteiger charge is -2.34. The van der Waals surface area contributed by atoms with Crippen LogP contribution in [0.3, 0.4) is 0 Å². The number of carbonyl (C=O) groups excluding carboxylic acids is 1. The Kier molecular flexibility index (Phi) is 4.80. The quantitative estimate of drug-likeness (QED) is 0.886. The zero-order valence-corrected chi connectivity index (χ0v) is 12.6. The van der Waals surface area contributed by atoms with Crippen LogP contribution in [0, 0.1) is 11.6 Å². The van der Waals surface area contributed by atoms with E-state index in [4.69, 9.17) is 0 Å². The minimum atomic E-state index is -0.740. The minimum Gasteiger partial charge on any atom is -0.381 e. The maximum absolute atomic E-state index is 13.8. The molecular weight excluding hydrogens is 274 g/mol. The van der Waals surface area contributed by atoms with E-state index in [0.717, 1.165) is 37.8 Å². The van der Waals surface area contributed by atoms with E-state index in [2.05, 4.69) is 10.6 Å². The number of carbonyl (C=O) groups is 1. The maximum Gasteiger partial charge on any atom is 0.251 e. The van der Waals surface area contributed by atoms with Crippen LogP contribution in [0.15, 0.2) is 12.1 Å². The Morgan fingerprint density at radius 3 is 2.29 bits per heavy atom. The molecule has 1 aliphatic carbocycles. The topological polar surface area (TPSA) is 41.1 Å². The van der Waals surface area contributed by atoms with Crippen molar-refractivity contribution in [2.24, 2.45) is 0 Å². The molecule has 0 spiro atoms. The summed E-state index contributed by atoms with van der Waals surface area (Å²) in [5.41, 5.74) is -0.431. The number of anilines is 1. The number of hydrogen-bond acceptors (Lipinski definition) is 2. The van der Waals surface area contributed by atoms with E-state index < -0.39 is 17.5 Å². The Bertz CT molecular complexity index is 502. The van der Waals surface area contributed by atoms with Crippen molar-refractivity contribution < 1.29 is 13.6 Å². The largest absolute Gasteiger partial charge is 0.381 e. The summed E-state index contributed by atoms with van der Waals surface area (Å²) in [5.74, 6) is -1.90. The molecule has 3 nitrogen and oxygen atoms in total. The fraction of sp³-hybridized carbons (Fsp3) is 0.562. The van der Waals surface area contributed by atoms with Crippen LogP contribution in [-0.2, 0) is 0 Å². The second-order valence-corrected chi connectivity index (χ2v) is 5.92. The summed E-state index contributed by atoms with van der Waals surface area (Å²) in [5, 5.41) is 5.54. The summed E-state index contributed by atoms with van der Waals surface area (Å²) < 4.78 is 27.7. The van der Waals surface area contributed by atoms with Crippen LogP contribution in [-0.4, -0.2) is 18.0 Å². The van der Waals surface area contributed by atoms with Gasteiger partial charge in [-0.1, -0.05) is 19.3 Å². The number of nitrogens with one attached hydrogen (secondary N) is 2. The number of amides is 1. The number of halogens is 2. The molecule has 0 heterocycles. The van der Waals surface area contributed by atoms with Gasteiger partial charge in [-0.3, -0.25) is 4.79 Å².